The molecule has 49 heavy (non-hydrogen) atoms. The number of nitrogens with zero attached hydrogens (tertiary/aromatic N) is 2. The van der Waals surface area contributed by atoms with E-state index in [2.05, 4.69) is 175 Å². The highest BCUT2D eigenvalue weighted by atomic mass is 15.1. The molecule has 0 saturated heterocycles. The van der Waals surface area contributed by atoms with Crippen molar-refractivity contribution in [3.05, 3.63) is 181 Å². The maximum absolute atomic E-state index is 5.39. The number of rotatable bonds is 6. The van der Waals surface area contributed by atoms with Crippen molar-refractivity contribution in [3.63, 3.8) is 0 Å². The van der Waals surface area contributed by atoms with Gasteiger partial charge in [-0.25, -0.2) is 4.98 Å². The zero-order chi connectivity index (χ0) is 32.9. The van der Waals surface area contributed by atoms with Gasteiger partial charge in [0.2, 0.25) is 0 Å². The normalized spacial score (nSPS) is 11.5. The molecule has 0 unspecified atom stereocenters. The minimum atomic E-state index is 0.880. The molecule has 9 aromatic rings. The first kappa shape index (κ1) is 28.9. The standard InChI is InChI=1S/C47H34N2/c1-3-32-26-42(40-20-17-34-11-5-8-14-38(34)28-40)22-24-44(32)47-48-45-30-43(41-21-18-35-12-6-9-15-39(35)29-41)23-25-46(45)49(47)31(2)36-19-16-33-10-4-7-13-37(33)27-36/h4-30H,2-3H2,1H3. The van der Waals surface area contributed by atoms with Crippen LogP contribution in [0.5, 0.6) is 0 Å². The summed E-state index contributed by atoms with van der Waals surface area (Å²) < 4.78 is 2.26. The van der Waals surface area contributed by atoms with Crippen LogP contribution in [0.15, 0.2) is 170 Å². The quantitative estimate of drug-likeness (QED) is 0.180. The summed E-state index contributed by atoms with van der Waals surface area (Å²) in [6, 6.07) is 59.0. The molecule has 0 radical (unpaired) electrons. The van der Waals surface area contributed by atoms with Gasteiger partial charge in [0.1, 0.15) is 5.82 Å². The minimum absolute atomic E-state index is 0.880. The van der Waals surface area contributed by atoms with Gasteiger partial charge in [0, 0.05) is 11.3 Å². The molecule has 0 amide bonds. The molecule has 0 aliphatic rings. The Kier molecular flexibility index (Phi) is 6.95. The Morgan fingerprint density at radius 3 is 1.61 bits per heavy atom. The maximum atomic E-state index is 5.39. The second kappa shape index (κ2) is 11.8. The lowest BCUT2D eigenvalue weighted by atomic mass is 9.95. The number of imidazole rings is 1. The molecule has 9 rings (SSSR count). The number of aryl methyl sites for hydroxylation is 1. The highest BCUT2D eigenvalue weighted by molar-refractivity contribution is 5.95. The Labute approximate surface area is 286 Å². The van der Waals surface area contributed by atoms with Crippen molar-refractivity contribution in [2.24, 2.45) is 0 Å². The third-order valence-corrected chi connectivity index (χ3v) is 9.90. The van der Waals surface area contributed by atoms with E-state index < -0.39 is 0 Å². The van der Waals surface area contributed by atoms with Crippen LogP contribution in [0.4, 0.5) is 0 Å². The van der Waals surface area contributed by atoms with E-state index in [1.165, 1.54) is 54.6 Å². The fraction of sp³-hybridized carbons (Fsp3) is 0.0426. The molecule has 0 saturated carbocycles. The Balaban J connectivity index is 1.21. The molecular formula is C47H34N2. The van der Waals surface area contributed by atoms with Crippen LogP contribution in [0.2, 0.25) is 0 Å². The zero-order valence-corrected chi connectivity index (χ0v) is 27.4. The highest BCUT2D eigenvalue weighted by Gasteiger charge is 2.20. The third kappa shape index (κ3) is 5.10. The molecule has 0 fully saturated rings. The van der Waals surface area contributed by atoms with Crippen molar-refractivity contribution in [1.82, 2.24) is 9.55 Å². The van der Waals surface area contributed by atoms with Gasteiger partial charge >= 0.3 is 0 Å². The Hall–Kier alpha value is -6.25. The first-order valence-corrected chi connectivity index (χ1v) is 17.0. The molecule has 1 heterocycles. The summed E-state index contributed by atoms with van der Waals surface area (Å²) in [7, 11) is 0. The van der Waals surface area contributed by atoms with Crippen LogP contribution in [0.3, 0.4) is 0 Å². The van der Waals surface area contributed by atoms with Crippen LogP contribution in [-0.4, -0.2) is 9.55 Å². The highest BCUT2D eigenvalue weighted by Crippen LogP contribution is 2.37. The first-order chi connectivity index (χ1) is 24.1. The molecule has 0 N–H and O–H groups in total. The minimum Gasteiger partial charge on any atom is -0.292 e. The SMILES string of the molecule is C=C(c1ccc2ccccc2c1)n1c(-c2ccc(-c3ccc4ccccc4c3)cc2CC)nc2cc(-c3ccc4ccccc4c3)ccc21. The summed E-state index contributed by atoms with van der Waals surface area (Å²) in [5, 5.41) is 7.38. The second-order valence-corrected chi connectivity index (χ2v) is 12.8. The fourth-order valence-corrected chi connectivity index (χ4v) is 7.23. The van der Waals surface area contributed by atoms with Gasteiger partial charge < -0.3 is 0 Å². The number of hydrogen-bond donors (Lipinski definition) is 0. The van der Waals surface area contributed by atoms with Crippen LogP contribution in [0.1, 0.15) is 18.1 Å². The lowest BCUT2D eigenvalue weighted by molar-refractivity contribution is 1.09. The fourth-order valence-electron chi connectivity index (χ4n) is 7.23. The van der Waals surface area contributed by atoms with Crippen molar-refractivity contribution in [3.8, 4) is 33.6 Å². The van der Waals surface area contributed by atoms with Gasteiger partial charge in [-0.2, -0.15) is 0 Å². The lowest BCUT2D eigenvalue weighted by Crippen LogP contribution is -2.02. The van der Waals surface area contributed by atoms with E-state index in [1.807, 2.05) is 0 Å². The van der Waals surface area contributed by atoms with E-state index in [0.717, 1.165) is 45.7 Å². The molecule has 0 aliphatic carbocycles. The summed E-state index contributed by atoms with van der Waals surface area (Å²) in [4.78, 5) is 5.39. The Morgan fingerprint density at radius 1 is 0.510 bits per heavy atom. The summed E-state index contributed by atoms with van der Waals surface area (Å²) in [5.74, 6) is 0.908. The third-order valence-electron chi connectivity index (χ3n) is 9.90. The summed E-state index contributed by atoms with van der Waals surface area (Å²) >= 11 is 0. The average molecular weight is 627 g/mol. The van der Waals surface area contributed by atoms with E-state index in [0.29, 0.717) is 0 Å². The molecule has 2 nitrogen and oxygen atoms in total. The van der Waals surface area contributed by atoms with Crippen LogP contribution >= 0.6 is 0 Å². The van der Waals surface area contributed by atoms with Gasteiger partial charge in [-0.1, -0.05) is 147 Å². The first-order valence-electron chi connectivity index (χ1n) is 17.0. The van der Waals surface area contributed by atoms with Gasteiger partial charge in [0.25, 0.3) is 0 Å². The Morgan fingerprint density at radius 2 is 1.00 bits per heavy atom. The second-order valence-electron chi connectivity index (χ2n) is 12.8. The van der Waals surface area contributed by atoms with Gasteiger partial charge in [-0.05, 0) is 102 Å². The average Bonchev–Trinajstić information content (AvgIpc) is 3.55. The number of hydrogen-bond acceptors (Lipinski definition) is 1. The number of aromatic nitrogens is 2. The van der Waals surface area contributed by atoms with Crippen molar-refractivity contribution in [2.45, 2.75) is 13.3 Å². The van der Waals surface area contributed by atoms with Gasteiger partial charge in [-0.15, -0.1) is 0 Å². The van der Waals surface area contributed by atoms with Crippen molar-refractivity contribution in [1.29, 1.82) is 0 Å². The van der Waals surface area contributed by atoms with E-state index in [-0.39, 0.29) is 0 Å². The van der Waals surface area contributed by atoms with Crippen molar-refractivity contribution in [2.75, 3.05) is 0 Å². The summed E-state index contributed by atoms with van der Waals surface area (Å²) in [6.07, 6.45) is 0.880. The number of fused-ring (bicyclic) bond motifs is 4. The largest absolute Gasteiger partial charge is 0.292 e. The van der Waals surface area contributed by atoms with Crippen LogP contribution in [0.25, 0.3) is 82.7 Å². The van der Waals surface area contributed by atoms with E-state index in [4.69, 9.17) is 11.6 Å². The maximum Gasteiger partial charge on any atom is 0.146 e. The van der Waals surface area contributed by atoms with Gasteiger partial charge in [-0.3, -0.25) is 4.57 Å². The molecular weight excluding hydrogens is 593 g/mol. The molecule has 1 aromatic heterocycles. The molecule has 0 spiro atoms. The van der Waals surface area contributed by atoms with Crippen LogP contribution in [0, 0.1) is 0 Å². The molecule has 0 atom stereocenters. The van der Waals surface area contributed by atoms with E-state index in [9.17, 15) is 0 Å². The Bertz CT molecular complexity index is 2730. The predicted molar refractivity (Wildman–Crippen MR) is 209 cm³/mol. The lowest BCUT2D eigenvalue weighted by Gasteiger charge is -2.16. The molecule has 2 heteroatoms. The van der Waals surface area contributed by atoms with Gasteiger partial charge in [0.15, 0.2) is 0 Å². The van der Waals surface area contributed by atoms with Crippen LogP contribution in [-0.2, 0) is 6.42 Å². The van der Waals surface area contributed by atoms with Crippen molar-refractivity contribution < 1.29 is 0 Å². The molecule has 0 bridgehead atoms. The molecule has 8 aromatic carbocycles. The van der Waals surface area contributed by atoms with E-state index >= 15 is 0 Å². The smallest absolute Gasteiger partial charge is 0.146 e. The molecule has 0 aliphatic heterocycles. The van der Waals surface area contributed by atoms with Crippen LogP contribution < -0.4 is 0 Å². The molecule has 232 valence electrons. The van der Waals surface area contributed by atoms with Gasteiger partial charge in [0.05, 0.1) is 11.0 Å². The summed E-state index contributed by atoms with van der Waals surface area (Å²) in [6.45, 7) is 6.93. The van der Waals surface area contributed by atoms with Crippen molar-refractivity contribution >= 4 is 49.0 Å². The summed E-state index contributed by atoms with van der Waals surface area (Å²) in [5.41, 5.74) is 11.1. The van der Waals surface area contributed by atoms with E-state index in [1.54, 1.807) is 0 Å². The monoisotopic (exact) mass is 626 g/mol. The predicted octanol–water partition coefficient (Wildman–Crippen LogP) is 12.6. The topological polar surface area (TPSA) is 17.8 Å². The number of benzene rings is 8. The zero-order valence-electron chi connectivity index (χ0n) is 27.4.